The fraction of sp³-hybridized carbons (Fsp3) is 0.600. The molecule has 2 atom stereocenters. The first-order valence-corrected chi connectivity index (χ1v) is 6.40. The lowest BCUT2D eigenvalue weighted by Crippen LogP contribution is -2.35. The third-order valence-corrected chi connectivity index (χ3v) is 4.06. The number of aliphatic imine (C=N–C) groups is 1. The highest BCUT2D eigenvalue weighted by molar-refractivity contribution is 5.98. The van der Waals surface area contributed by atoms with Gasteiger partial charge in [0, 0.05) is 11.5 Å². The Kier molecular flexibility index (Phi) is 2.96. The molecule has 0 amide bonds. The Morgan fingerprint density at radius 3 is 2.61 bits per heavy atom. The second-order valence-corrected chi connectivity index (χ2v) is 6.06. The van der Waals surface area contributed by atoms with Gasteiger partial charge in [0.15, 0.2) is 0 Å². The first-order chi connectivity index (χ1) is 8.26. The smallest absolute Gasteiger partial charge is 0.212 e. The molecule has 3 heteroatoms. The zero-order valence-corrected chi connectivity index (χ0v) is 11.8. The average Bonchev–Trinajstić information content (AvgIpc) is 2.62. The number of hydrogen-bond acceptors (Lipinski definition) is 3. The van der Waals surface area contributed by atoms with E-state index in [1.165, 1.54) is 0 Å². The summed E-state index contributed by atoms with van der Waals surface area (Å²) in [7, 11) is 0. The number of allylic oxidation sites excluding steroid dienone is 3. The minimum Gasteiger partial charge on any atom is -0.475 e. The lowest BCUT2D eigenvalue weighted by atomic mass is 9.69. The maximum Gasteiger partial charge on any atom is 0.212 e. The van der Waals surface area contributed by atoms with Crippen LogP contribution in [0.15, 0.2) is 28.8 Å². The van der Waals surface area contributed by atoms with Crippen LogP contribution in [0.3, 0.4) is 0 Å². The fourth-order valence-corrected chi connectivity index (χ4v) is 2.37. The maximum absolute atomic E-state index is 11.9. The van der Waals surface area contributed by atoms with Gasteiger partial charge >= 0.3 is 0 Å². The molecule has 0 bridgehead atoms. The molecule has 1 aliphatic carbocycles. The molecule has 0 aromatic heterocycles. The molecule has 0 aromatic carbocycles. The molecule has 98 valence electrons. The van der Waals surface area contributed by atoms with Gasteiger partial charge in [0.25, 0.3) is 0 Å². The van der Waals surface area contributed by atoms with Crippen molar-refractivity contribution in [2.24, 2.45) is 16.3 Å². The van der Waals surface area contributed by atoms with Gasteiger partial charge in [-0.15, -0.1) is 0 Å². The summed E-state index contributed by atoms with van der Waals surface area (Å²) in [5, 5.41) is 0. The summed E-state index contributed by atoms with van der Waals surface area (Å²) in [6, 6.07) is 0. The molecule has 0 unspecified atom stereocenters. The Bertz CT molecular complexity index is 471. The van der Waals surface area contributed by atoms with E-state index < -0.39 is 5.41 Å². The number of ketones is 1. The Balaban J connectivity index is 2.34. The zero-order chi connectivity index (χ0) is 13.6. The van der Waals surface area contributed by atoms with Crippen molar-refractivity contribution in [1.29, 1.82) is 0 Å². The molecule has 1 aliphatic heterocycles. The maximum atomic E-state index is 11.9. The standard InChI is InChI=1S/C15H21NO2/c1-10-12(13-16-14(3,4)9-18-13)7-6-8-15(10,5)11(2)17/h6-8,10H,9H2,1-5H3/t10-,15+/m0/s1. The number of rotatable bonds is 2. The normalized spacial score (nSPS) is 33.7. The molecular formula is C15H21NO2. The van der Waals surface area contributed by atoms with Crippen LogP contribution in [0.25, 0.3) is 0 Å². The summed E-state index contributed by atoms with van der Waals surface area (Å²) >= 11 is 0. The number of hydrogen-bond donors (Lipinski definition) is 0. The molecule has 0 fully saturated rings. The van der Waals surface area contributed by atoms with Crippen molar-refractivity contribution in [2.75, 3.05) is 6.61 Å². The van der Waals surface area contributed by atoms with Crippen molar-refractivity contribution >= 4 is 11.7 Å². The first kappa shape index (κ1) is 13.1. The Hall–Kier alpha value is -1.38. The van der Waals surface area contributed by atoms with Crippen LogP contribution in [0.2, 0.25) is 0 Å². The van der Waals surface area contributed by atoms with Crippen molar-refractivity contribution < 1.29 is 9.53 Å². The van der Waals surface area contributed by atoms with E-state index in [1.807, 2.05) is 39.0 Å². The third-order valence-electron chi connectivity index (χ3n) is 4.06. The first-order valence-electron chi connectivity index (χ1n) is 6.40. The van der Waals surface area contributed by atoms with E-state index in [9.17, 15) is 4.79 Å². The monoisotopic (exact) mass is 247 g/mol. The Labute approximate surface area is 109 Å². The number of carbonyl (C=O) groups excluding carboxylic acids is 1. The van der Waals surface area contributed by atoms with Crippen LogP contribution in [0, 0.1) is 11.3 Å². The van der Waals surface area contributed by atoms with Crippen molar-refractivity contribution in [3.63, 3.8) is 0 Å². The van der Waals surface area contributed by atoms with Gasteiger partial charge in [-0.25, -0.2) is 4.99 Å². The predicted octanol–water partition coefficient (Wildman–Crippen LogP) is 2.92. The summed E-state index contributed by atoms with van der Waals surface area (Å²) < 4.78 is 5.69. The summed E-state index contributed by atoms with van der Waals surface area (Å²) in [6.07, 6.45) is 5.92. The van der Waals surface area contributed by atoms with Crippen LogP contribution in [0.1, 0.15) is 34.6 Å². The van der Waals surface area contributed by atoms with Crippen molar-refractivity contribution in [2.45, 2.75) is 40.2 Å². The molecule has 0 saturated carbocycles. The molecule has 0 saturated heterocycles. The molecule has 2 aliphatic rings. The number of Topliss-reactive ketones (excluding diaryl/α,β-unsaturated/α-hetero) is 1. The van der Waals surface area contributed by atoms with Crippen LogP contribution in [0.5, 0.6) is 0 Å². The second kappa shape index (κ2) is 4.08. The topological polar surface area (TPSA) is 38.7 Å². The van der Waals surface area contributed by atoms with Gasteiger partial charge in [0.2, 0.25) is 5.90 Å². The molecular weight excluding hydrogens is 226 g/mol. The highest BCUT2D eigenvalue weighted by atomic mass is 16.5. The molecule has 0 radical (unpaired) electrons. The van der Waals surface area contributed by atoms with Crippen LogP contribution in [0.4, 0.5) is 0 Å². The van der Waals surface area contributed by atoms with Crippen LogP contribution in [-0.4, -0.2) is 23.8 Å². The van der Waals surface area contributed by atoms with Gasteiger partial charge < -0.3 is 4.74 Å². The lowest BCUT2D eigenvalue weighted by Gasteiger charge is -2.34. The SMILES string of the molecule is CC(=O)[C@]1(C)C=CC=C(C2=NC(C)(C)CO2)[C@@H]1C. The molecule has 2 rings (SSSR count). The average molecular weight is 247 g/mol. The van der Waals surface area contributed by atoms with Gasteiger partial charge in [0.1, 0.15) is 12.4 Å². The number of carbonyl (C=O) groups is 1. The molecule has 0 aromatic rings. The largest absolute Gasteiger partial charge is 0.475 e. The minimum atomic E-state index is -0.456. The van der Waals surface area contributed by atoms with Gasteiger partial charge in [-0.1, -0.05) is 25.2 Å². The van der Waals surface area contributed by atoms with Gasteiger partial charge in [0.05, 0.1) is 11.0 Å². The predicted molar refractivity (Wildman–Crippen MR) is 72.6 cm³/mol. The van der Waals surface area contributed by atoms with Gasteiger partial charge in [-0.3, -0.25) is 4.79 Å². The van der Waals surface area contributed by atoms with E-state index in [0.29, 0.717) is 12.5 Å². The molecule has 0 spiro atoms. The highest BCUT2D eigenvalue weighted by Crippen LogP contribution is 2.40. The Morgan fingerprint density at radius 2 is 2.11 bits per heavy atom. The van der Waals surface area contributed by atoms with Crippen molar-refractivity contribution in [3.8, 4) is 0 Å². The van der Waals surface area contributed by atoms with Gasteiger partial charge in [-0.2, -0.15) is 0 Å². The molecule has 1 heterocycles. The molecule has 0 N–H and O–H groups in total. The summed E-state index contributed by atoms with van der Waals surface area (Å²) in [5.41, 5.74) is 0.410. The van der Waals surface area contributed by atoms with E-state index in [4.69, 9.17) is 4.74 Å². The van der Waals surface area contributed by atoms with Crippen molar-refractivity contribution in [1.82, 2.24) is 0 Å². The minimum absolute atomic E-state index is 0.0904. The highest BCUT2D eigenvalue weighted by Gasteiger charge is 2.40. The molecule has 18 heavy (non-hydrogen) atoms. The van der Waals surface area contributed by atoms with Crippen LogP contribution >= 0.6 is 0 Å². The summed E-state index contributed by atoms with van der Waals surface area (Å²) in [6.45, 7) is 10.4. The third kappa shape index (κ3) is 2.02. The molecule has 3 nitrogen and oxygen atoms in total. The number of ether oxygens (including phenoxy) is 1. The number of nitrogens with zero attached hydrogens (tertiary/aromatic N) is 1. The van der Waals surface area contributed by atoms with E-state index in [1.54, 1.807) is 6.92 Å². The van der Waals surface area contributed by atoms with E-state index in [-0.39, 0.29) is 17.2 Å². The summed E-state index contributed by atoms with van der Waals surface area (Å²) in [5.74, 6) is 0.965. The zero-order valence-electron chi connectivity index (χ0n) is 11.8. The fourth-order valence-electron chi connectivity index (χ4n) is 2.37. The van der Waals surface area contributed by atoms with Crippen molar-refractivity contribution in [3.05, 3.63) is 23.8 Å². The van der Waals surface area contributed by atoms with Gasteiger partial charge in [-0.05, 0) is 27.7 Å². The van der Waals surface area contributed by atoms with E-state index >= 15 is 0 Å². The lowest BCUT2D eigenvalue weighted by molar-refractivity contribution is -0.124. The second-order valence-electron chi connectivity index (χ2n) is 6.06. The summed E-state index contributed by atoms with van der Waals surface area (Å²) in [4.78, 5) is 16.5. The van der Waals surface area contributed by atoms with E-state index in [0.717, 1.165) is 5.57 Å². The van der Waals surface area contributed by atoms with Crippen LogP contribution in [-0.2, 0) is 9.53 Å². The van der Waals surface area contributed by atoms with E-state index in [2.05, 4.69) is 11.9 Å². The Morgan fingerprint density at radius 1 is 1.44 bits per heavy atom. The van der Waals surface area contributed by atoms with Crippen LogP contribution < -0.4 is 0 Å². The quantitative estimate of drug-likeness (QED) is 0.752.